The van der Waals surface area contributed by atoms with Crippen LogP contribution < -0.4 is 4.74 Å². The predicted molar refractivity (Wildman–Crippen MR) is 122 cm³/mol. The van der Waals surface area contributed by atoms with Gasteiger partial charge < -0.3 is 4.74 Å². The van der Waals surface area contributed by atoms with E-state index in [4.69, 9.17) is 4.74 Å². The van der Waals surface area contributed by atoms with Gasteiger partial charge in [-0.1, -0.05) is 19.1 Å². The average molecular weight is 469 g/mol. The van der Waals surface area contributed by atoms with Crippen molar-refractivity contribution in [1.82, 2.24) is 8.61 Å². The van der Waals surface area contributed by atoms with Gasteiger partial charge in [-0.2, -0.15) is 4.31 Å². The van der Waals surface area contributed by atoms with Crippen molar-refractivity contribution in [3.05, 3.63) is 35.4 Å². The molecule has 0 spiro atoms. The zero-order chi connectivity index (χ0) is 22.2. The average Bonchev–Trinajstić information content (AvgIpc) is 3.17. The summed E-state index contributed by atoms with van der Waals surface area (Å²) in [6.45, 7) is 3.99. The molecule has 0 aliphatic carbocycles. The van der Waals surface area contributed by atoms with E-state index in [-0.39, 0.29) is 11.9 Å². The van der Waals surface area contributed by atoms with E-state index >= 15 is 0 Å². The first kappa shape index (κ1) is 22.8. The summed E-state index contributed by atoms with van der Waals surface area (Å²) in [5, 5.41) is 0. The molecule has 3 aliphatic heterocycles. The smallest absolute Gasteiger partial charge is 0.214 e. The lowest BCUT2D eigenvalue weighted by atomic mass is 9.89. The van der Waals surface area contributed by atoms with Crippen molar-refractivity contribution >= 4 is 25.6 Å². The lowest BCUT2D eigenvalue weighted by Gasteiger charge is -2.33. The fourth-order valence-corrected chi connectivity index (χ4v) is 7.17. The molecule has 1 atom stereocenters. The molecule has 9 heteroatoms. The van der Waals surface area contributed by atoms with Gasteiger partial charge in [0.1, 0.15) is 11.9 Å². The second-order valence-corrected chi connectivity index (χ2v) is 12.9. The molecule has 4 rings (SSSR count). The molecule has 3 aliphatic rings. The van der Waals surface area contributed by atoms with Crippen molar-refractivity contribution in [3.8, 4) is 5.75 Å². The second-order valence-electron chi connectivity index (χ2n) is 8.84. The molecule has 0 aromatic heterocycles. The highest BCUT2D eigenvalue weighted by Gasteiger charge is 2.35. The number of nitrogens with zero attached hydrogens (tertiary/aromatic N) is 2. The minimum absolute atomic E-state index is 0.0994. The van der Waals surface area contributed by atoms with Gasteiger partial charge >= 0.3 is 0 Å². The van der Waals surface area contributed by atoms with E-state index in [9.17, 15) is 16.8 Å². The number of benzene rings is 1. The summed E-state index contributed by atoms with van der Waals surface area (Å²) in [5.74, 6) is 1.51. The minimum Gasteiger partial charge on any atom is -0.490 e. The number of ether oxygens (including phenoxy) is 1. The Bertz CT molecular complexity index is 1060. The first-order chi connectivity index (χ1) is 14.7. The monoisotopic (exact) mass is 468 g/mol. The normalized spacial score (nSPS) is 23.9. The van der Waals surface area contributed by atoms with Crippen LogP contribution >= 0.6 is 0 Å². The number of sulfonamides is 2. The van der Waals surface area contributed by atoms with Gasteiger partial charge in [0.25, 0.3) is 0 Å². The highest BCUT2D eigenvalue weighted by molar-refractivity contribution is 7.89. The molecular weight excluding hydrogens is 436 g/mol. The quantitative estimate of drug-likeness (QED) is 0.641. The van der Waals surface area contributed by atoms with Crippen LogP contribution in [0.4, 0.5) is 0 Å². The molecule has 1 aromatic carbocycles. The molecule has 0 N–H and O–H groups in total. The molecular formula is C22H32N2O5S2. The van der Waals surface area contributed by atoms with Gasteiger partial charge in [0.05, 0.1) is 12.0 Å². The highest BCUT2D eigenvalue weighted by Crippen LogP contribution is 2.37. The molecule has 0 bridgehead atoms. The first-order valence-corrected chi connectivity index (χ1v) is 14.5. The van der Waals surface area contributed by atoms with Gasteiger partial charge in [0.15, 0.2) is 0 Å². The van der Waals surface area contributed by atoms with Crippen LogP contribution in [0.25, 0.3) is 5.57 Å². The number of rotatable bonds is 6. The molecule has 1 unspecified atom stereocenters. The van der Waals surface area contributed by atoms with Gasteiger partial charge in [-0.15, -0.1) is 0 Å². The lowest BCUT2D eigenvalue weighted by molar-refractivity contribution is 0.116. The maximum atomic E-state index is 12.3. The van der Waals surface area contributed by atoms with Crippen LogP contribution in [0.1, 0.15) is 43.7 Å². The van der Waals surface area contributed by atoms with Crippen LogP contribution in [0.5, 0.6) is 5.75 Å². The Morgan fingerprint density at radius 2 is 1.81 bits per heavy atom. The van der Waals surface area contributed by atoms with Crippen LogP contribution in [0.3, 0.4) is 0 Å². The summed E-state index contributed by atoms with van der Waals surface area (Å²) >= 11 is 0. The van der Waals surface area contributed by atoms with Crippen LogP contribution in [0.15, 0.2) is 24.3 Å². The third-order valence-corrected chi connectivity index (χ3v) is 10.00. The molecule has 31 heavy (non-hydrogen) atoms. The van der Waals surface area contributed by atoms with Gasteiger partial charge in [-0.3, -0.25) is 0 Å². The highest BCUT2D eigenvalue weighted by atomic mass is 32.2. The number of hydrogen-bond acceptors (Lipinski definition) is 5. The molecule has 3 heterocycles. The largest absolute Gasteiger partial charge is 0.490 e. The van der Waals surface area contributed by atoms with Crippen molar-refractivity contribution in [1.29, 1.82) is 0 Å². The second kappa shape index (κ2) is 8.84. The van der Waals surface area contributed by atoms with Gasteiger partial charge in [-0.25, -0.2) is 21.1 Å². The fourth-order valence-electron chi connectivity index (χ4n) is 4.86. The first-order valence-electron chi connectivity index (χ1n) is 11.1. The summed E-state index contributed by atoms with van der Waals surface area (Å²) in [6, 6.07) is 6.26. The molecule has 172 valence electrons. The molecule has 1 saturated heterocycles. The zero-order valence-electron chi connectivity index (χ0n) is 18.3. The Labute approximate surface area is 186 Å². The molecule has 1 aromatic rings. The summed E-state index contributed by atoms with van der Waals surface area (Å²) in [6.07, 6.45) is 7.23. The Hall–Kier alpha value is -1.42. The predicted octanol–water partition coefficient (Wildman–Crippen LogP) is 2.49. The van der Waals surface area contributed by atoms with E-state index in [1.165, 1.54) is 21.7 Å². The molecule has 0 radical (unpaired) electrons. The van der Waals surface area contributed by atoms with E-state index < -0.39 is 20.0 Å². The lowest BCUT2D eigenvalue weighted by Crippen LogP contribution is -2.43. The standard InChI is InChI=1S/C22H32N2O5S2/c1-3-14-31(27,28)24-12-8-18(9-13-24)22-16-20-15-19(4-5-21(20)29-22)17-6-10-23(11-7-17)30(2,25)26/h4-6,15,18,22H,3,7-14,16H2,1-2H3. The summed E-state index contributed by atoms with van der Waals surface area (Å²) in [4.78, 5) is 0. The van der Waals surface area contributed by atoms with E-state index in [1.807, 2.05) is 19.1 Å². The SMILES string of the molecule is CCCS(=O)(=O)N1CCC(C2Cc3cc(C4=CCN(S(C)(=O)=O)CC4)ccc3O2)CC1. The third kappa shape index (κ3) is 4.99. The van der Waals surface area contributed by atoms with Crippen molar-refractivity contribution in [3.63, 3.8) is 0 Å². The zero-order valence-corrected chi connectivity index (χ0v) is 19.9. The van der Waals surface area contributed by atoms with E-state index in [0.717, 1.165) is 30.6 Å². The summed E-state index contributed by atoms with van der Waals surface area (Å²) in [7, 11) is -6.27. The minimum atomic E-state index is -3.15. The molecule has 0 amide bonds. The van der Waals surface area contributed by atoms with Gasteiger partial charge in [0, 0.05) is 32.6 Å². The van der Waals surface area contributed by atoms with Crippen molar-refractivity contribution in [2.24, 2.45) is 5.92 Å². The van der Waals surface area contributed by atoms with Crippen molar-refractivity contribution in [2.45, 2.75) is 45.1 Å². The van der Waals surface area contributed by atoms with Crippen LogP contribution in [-0.2, 0) is 26.5 Å². The van der Waals surface area contributed by atoms with E-state index in [2.05, 4.69) is 12.1 Å². The number of hydrogen-bond donors (Lipinski definition) is 0. The van der Waals surface area contributed by atoms with E-state index in [0.29, 0.717) is 44.9 Å². The Kier molecular flexibility index (Phi) is 6.49. The molecule has 1 fully saturated rings. The topological polar surface area (TPSA) is 84.0 Å². The fraction of sp³-hybridized carbons (Fsp3) is 0.636. The third-order valence-electron chi connectivity index (χ3n) is 6.65. The molecule has 0 saturated carbocycles. The number of piperidine rings is 1. The maximum Gasteiger partial charge on any atom is 0.214 e. The Balaban J connectivity index is 1.38. The van der Waals surface area contributed by atoms with Gasteiger partial charge in [0.2, 0.25) is 20.0 Å². The van der Waals surface area contributed by atoms with Crippen LogP contribution in [-0.4, -0.2) is 69.7 Å². The van der Waals surface area contributed by atoms with E-state index in [1.54, 1.807) is 4.31 Å². The van der Waals surface area contributed by atoms with Crippen LogP contribution in [0, 0.1) is 5.92 Å². The Morgan fingerprint density at radius 1 is 1.06 bits per heavy atom. The summed E-state index contributed by atoms with van der Waals surface area (Å²) in [5.41, 5.74) is 3.51. The van der Waals surface area contributed by atoms with Crippen LogP contribution in [0.2, 0.25) is 0 Å². The maximum absolute atomic E-state index is 12.3. The van der Waals surface area contributed by atoms with Crippen molar-refractivity contribution < 1.29 is 21.6 Å². The van der Waals surface area contributed by atoms with Crippen molar-refractivity contribution in [2.75, 3.05) is 38.2 Å². The van der Waals surface area contributed by atoms with Gasteiger partial charge in [-0.05, 0) is 60.4 Å². The Morgan fingerprint density at radius 3 is 2.42 bits per heavy atom. The summed E-state index contributed by atoms with van der Waals surface area (Å²) < 4.78 is 57.4. The molecule has 7 nitrogen and oxygen atoms in total. The number of fused-ring (bicyclic) bond motifs is 1.